The van der Waals surface area contributed by atoms with Gasteiger partial charge in [0.25, 0.3) is 5.91 Å². The Hall–Kier alpha value is -2.89. The van der Waals surface area contributed by atoms with Crippen LogP contribution < -0.4 is 10.1 Å². The van der Waals surface area contributed by atoms with Crippen molar-refractivity contribution in [3.63, 3.8) is 0 Å². The van der Waals surface area contributed by atoms with Crippen molar-refractivity contribution < 1.29 is 13.9 Å². The molecule has 4 nitrogen and oxygen atoms in total. The third kappa shape index (κ3) is 6.06. The van der Waals surface area contributed by atoms with Gasteiger partial charge in [-0.05, 0) is 88.3 Å². The summed E-state index contributed by atoms with van der Waals surface area (Å²) in [5.74, 6) is -0.225. The molecule has 0 fully saturated rings. The summed E-state index contributed by atoms with van der Waals surface area (Å²) in [6.45, 7) is 0. The predicted molar refractivity (Wildman–Crippen MR) is 129 cm³/mol. The molecule has 0 aromatic heterocycles. The molecule has 31 heavy (non-hydrogen) atoms. The Morgan fingerprint density at radius 1 is 1.23 bits per heavy atom. The topological polar surface area (TPSA) is 62.1 Å². The predicted octanol–water partition coefficient (Wildman–Crippen LogP) is 6.23. The number of nitriles is 1. The first kappa shape index (κ1) is 22.8. The smallest absolute Gasteiger partial charge is 0.266 e. The normalized spacial score (nSPS) is 11.0. The maximum Gasteiger partial charge on any atom is 0.266 e. The van der Waals surface area contributed by atoms with E-state index in [9.17, 15) is 14.4 Å². The van der Waals surface area contributed by atoms with Gasteiger partial charge < -0.3 is 10.1 Å². The Labute approximate surface area is 198 Å². The fourth-order valence-corrected chi connectivity index (χ4v) is 3.91. The second-order valence-electron chi connectivity index (χ2n) is 6.62. The maximum absolute atomic E-state index is 13.5. The molecular formula is C24H17ClFIN2O2. The number of nitrogens with one attached hydrogen (secondary N) is 1. The van der Waals surface area contributed by atoms with Gasteiger partial charge in [-0.2, -0.15) is 5.26 Å². The number of carbonyl (C=O) groups excluding carboxylic acids is 1. The minimum Gasteiger partial charge on any atom is -0.496 e. The van der Waals surface area contributed by atoms with Crippen molar-refractivity contribution in [2.45, 2.75) is 6.42 Å². The minimum absolute atomic E-state index is 0.0503. The molecule has 0 spiro atoms. The average molecular weight is 547 g/mol. The van der Waals surface area contributed by atoms with Crippen LogP contribution >= 0.6 is 34.2 Å². The standard InChI is InChI=1S/C24H17ClFIN2O2/c1-31-23-13-16(12-22(27)21(23)11-15-3-2-4-19(26)10-15)9-17(14-28)24(30)29-20-7-5-18(25)6-8-20/h2-10,12-13H,11H2,1H3,(H,29,30)/b17-9+. The summed E-state index contributed by atoms with van der Waals surface area (Å²) in [6, 6.07) is 18.6. The fourth-order valence-electron chi connectivity index (χ4n) is 2.97. The zero-order chi connectivity index (χ0) is 22.4. The van der Waals surface area contributed by atoms with Crippen molar-refractivity contribution in [3.05, 3.63) is 97.3 Å². The van der Waals surface area contributed by atoms with E-state index in [2.05, 4.69) is 27.9 Å². The Balaban J connectivity index is 1.88. The second kappa shape index (κ2) is 10.4. The molecule has 0 saturated heterocycles. The molecule has 156 valence electrons. The van der Waals surface area contributed by atoms with Gasteiger partial charge in [0.2, 0.25) is 0 Å². The molecule has 0 bridgehead atoms. The number of benzene rings is 3. The van der Waals surface area contributed by atoms with Crippen LogP contribution in [0.4, 0.5) is 10.1 Å². The molecule has 7 heteroatoms. The highest BCUT2D eigenvalue weighted by molar-refractivity contribution is 14.1. The van der Waals surface area contributed by atoms with Crippen LogP contribution in [0, 0.1) is 20.7 Å². The van der Waals surface area contributed by atoms with Gasteiger partial charge in [0.1, 0.15) is 23.2 Å². The average Bonchev–Trinajstić information content (AvgIpc) is 2.75. The number of hydrogen-bond acceptors (Lipinski definition) is 3. The lowest BCUT2D eigenvalue weighted by Gasteiger charge is -2.13. The molecule has 3 aromatic rings. The number of hydrogen-bond donors (Lipinski definition) is 1. The lowest BCUT2D eigenvalue weighted by molar-refractivity contribution is -0.112. The Morgan fingerprint density at radius 3 is 2.61 bits per heavy atom. The largest absolute Gasteiger partial charge is 0.496 e. The number of nitrogens with zero attached hydrogens (tertiary/aromatic N) is 1. The van der Waals surface area contributed by atoms with Crippen LogP contribution in [0.25, 0.3) is 6.08 Å². The van der Waals surface area contributed by atoms with Gasteiger partial charge in [0, 0.05) is 26.3 Å². The van der Waals surface area contributed by atoms with E-state index in [1.165, 1.54) is 18.2 Å². The number of anilines is 1. The monoisotopic (exact) mass is 546 g/mol. The van der Waals surface area contributed by atoms with Crippen molar-refractivity contribution in [2.24, 2.45) is 0 Å². The number of carbonyl (C=O) groups is 1. The van der Waals surface area contributed by atoms with Crippen molar-refractivity contribution in [2.75, 3.05) is 12.4 Å². The van der Waals surface area contributed by atoms with Gasteiger partial charge in [-0.25, -0.2) is 4.39 Å². The van der Waals surface area contributed by atoms with Crippen LogP contribution in [-0.2, 0) is 11.2 Å². The summed E-state index contributed by atoms with van der Waals surface area (Å²) in [6.07, 6.45) is 1.99. The molecule has 0 unspecified atom stereocenters. The zero-order valence-electron chi connectivity index (χ0n) is 16.5. The molecule has 0 saturated carbocycles. The van der Waals surface area contributed by atoms with Crippen molar-refractivity contribution in [1.82, 2.24) is 0 Å². The van der Waals surface area contributed by atoms with Crippen LogP contribution in [0.2, 0.25) is 5.02 Å². The summed E-state index contributed by atoms with van der Waals surface area (Å²) in [5.41, 5.74) is 2.85. The molecule has 0 aliphatic heterocycles. The van der Waals surface area contributed by atoms with Gasteiger partial charge in [-0.3, -0.25) is 4.79 Å². The molecule has 0 aliphatic rings. The van der Waals surface area contributed by atoms with E-state index >= 15 is 0 Å². The lowest BCUT2D eigenvalue weighted by atomic mass is 10.0. The third-order valence-electron chi connectivity index (χ3n) is 4.44. The van der Waals surface area contributed by atoms with Crippen LogP contribution in [0.3, 0.4) is 0 Å². The van der Waals surface area contributed by atoms with Gasteiger partial charge in [-0.15, -0.1) is 0 Å². The highest BCUT2D eigenvalue weighted by Crippen LogP contribution is 2.30. The summed E-state index contributed by atoms with van der Waals surface area (Å²) in [7, 11) is 1.55. The van der Waals surface area contributed by atoms with Gasteiger partial charge in [0.15, 0.2) is 0 Å². The van der Waals surface area contributed by atoms with Gasteiger partial charge in [0.05, 0.1) is 7.11 Å². The van der Waals surface area contributed by atoms with Crippen LogP contribution in [0.5, 0.6) is 5.75 Å². The lowest BCUT2D eigenvalue weighted by Crippen LogP contribution is -2.13. The number of methoxy groups -OCH3 is 1. The molecule has 1 N–H and O–H groups in total. The highest BCUT2D eigenvalue weighted by atomic mass is 127. The Kier molecular flexibility index (Phi) is 7.66. The third-order valence-corrected chi connectivity index (χ3v) is 5.66. The molecule has 0 atom stereocenters. The van der Waals surface area contributed by atoms with Crippen LogP contribution in [-0.4, -0.2) is 13.0 Å². The molecule has 0 heterocycles. The fraction of sp³-hybridized carbons (Fsp3) is 0.0833. The first-order valence-corrected chi connectivity index (χ1v) is 10.6. The van der Waals surface area contributed by atoms with E-state index in [1.54, 1.807) is 43.5 Å². The Bertz CT molecular complexity index is 1190. The SMILES string of the molecule is COc1cc(/C=C(\C#N)C(=O)Nc2ccc(Cl)cc2)cc(I)c1Cc1cccc(F)c1. The maximum atomic E-state index is 13.5. The van der Waals surface area contributed by atoms with Gasteiger partial charge >= 0.3 is 0 Å². The molecule has 1 amide bonds. The molecule has 0 aliphatic carbocycles. The molecular weight excluding hydrogens is 530 g/mol. The zero-order valence-corrected chi connectivity index (χ0v) is 19.4. The van der Waals surface area contributed by atoms with E-state index < -0.39 is 5.91 Å². The van der Waals surface area contributed by atoms with E-state index in [1.807, 2.05) is 18.2 Å². The summed E-state index contributed by atoms with van der Waals surface area (Å²) in [5, 5.41) is 12.7. The van der Waals surface area contributed by atoms with E-state index in [4.69, 9.17) is 16.3 Å². The quantitative estimate of drug-likeness (QED) is 0.227. The molecule has 3 rings (SSSR count). The van der Waals surface area contributed by atoms with Crippen LogP contribution in [0.15, 0.2) is 66.2 Å². The number of rotatable bonds is 6. The second-order valence-corrected chi connectivity index (χ2v) is 8.22. The van der Waals surface area contributed by atoms with Crippen molar-refractivity contribution in [3.8, 4) is 11.8 Å². The van der Waals surface area contributed by atoms with E-state index in [0.717, 1.165) is 14.7 Å². The summed E-state index contributed by atoms with van der Waals surface area (Å²) >= 11 is 8.02. The number of halogens is 3. The number of ether oxygens (including phenoxy) is 1. The molecule has 0 radical (unpaired) electrons. The van der Waals surface area contributed by atoms with E-state index in [-0.39, 0.29) is 11.4 Å². The van der Waals surface area contributed by atoms with Gasteiger partial charge in [-0.1, -0.05) is 23.7 Å². The van der Waals surface area contributed by atoms with Crippen LogP contribution in [0.1, 0.15) is 16.7 Å². The van der Waals surface area contributed by atoms with E-state index in [0.29, 0.717) is 28.4 Å². The summed E-state index contributed by atoms with van der Waals surface area (Å²) in [4.78, 5) is 12.5. The first-order chi connectivity index (χ1) is 14.9. The van der Waals surface area contributed by atoms with Crippen molar-refractivity contribution in [1.29, 1.82) is 5.26 Å². The first-order valence-electron chi connectivity index (χ1n) is 9.19. The summed E-state index contributed by atoms with van der Waals surface area (Å²) < 4.78 is 19.9. The van der Waals surface area contributed by atoms with Crippen molar-refractivity contribution >= 4 is 51.9 Å². The number of amides is 1. The minimum atomic E-state index is -0.525. The molecule has 3 aromatic carbocycles. The highest BCUT2D eigenvalue weighted by Gasteiger charge is 2.14. The Morgan fingerprint density at radius 2 is 1.97 bits per heavy atom.